The molecule has 1 saturated heterocycles. The zero-order chi connectivity index (χ0) is 18.3. The monoisotopic (exact) mass is 374 g/mol. The second-order valence-electron chi connectivity index (χ2n) is 7.61. The Morgan fingerprint density at radius 1 is 1.19 bits per heavy atom. The third kappa shape index (κ3) is 3.30. The van der Waals surface area contributed by atoms with Gasteiger partial charge in [-0.3, -0.25) is 0 Å². The summed E-state index contributed by atoms with van der Waals surface area (Å²) in [5, 5.41) is 8.30. The molecule has 2 aliphatic rings. The fourth-order valence-corrected chi connectivity index (χ4v) is 5.96. The van der Waals surface area contributed by atoms with E-state index in [-0.39, 0.29) is 6.04 Å². The van der Waals surface area contributed by atoms with Crippen molar-refractivity contribution in [3.05, 3.63) is 41.5 Å². The standard InChI is InChI=1S/C19H26N4O2S/c1-14-5-6-15(2)18(12-14)26(24,25)23-11-3-4-17(23)9-10-19-21-20-13-22(19)16-7-8-16/h5-6,12-13,16-17H,3-4,7-11H2,1-2H3. The van der Waals surface area contributed by atoms with Crippen molar-refractivity contribution in [2.24, 2.45) is 0 Å². The molecule has 1 aromatic carbocycles. The summed E-state index contributed by atoms with van der Waals surface area (Å²) in [6.45, 7) is 4.41. The van der Waals surface area contributed by atoms with Crippen LogP contribution in [0.3, 0.4) is 0 Å². The lowest BCUT2D eigenvalue weighted by Gasteiger charge is -2.25. The molecule has 140 valence electrons. The topological polar surface area (TPSA) is 68.1 Å². The molecule has 2 aromatic rings. The van der Waals surface area contributed by atoms with Crippen LogP contribution in [0.5, 0.6) is 0 Å². The molecule has 2 fully saturated rings. The normalized spacial score (nSPS) is 21.4. The lowest BCUT2D eigenvalue weighted by Crippen LogP contribution is -2.36. The van der Waals surface area contributed by atoms with Crippen molar-refractivity contribution in [1.29, 1.82) is 0 Å². The summed E-state index contributed by atoms with van der Waals surface area (Å²) >= 11 is 0. The molecule has 1 unspecified atom stereocenters. The number of hydrogen-bond donors (Lipinski definition) is 0. The highest BCUT2D eigenvalue weighted by molar-refractivity contribution is 7.89. The maximum atomic E-state index is 13.3. The van der Waals surface area contributed by atoms with Crippen LogP contribution in [0.25, 0.3) is 0 Å². The van der Waals surface area contributed by atoms with Gasteiger partial charge in [0.2, 0.25) is 10.0 Å². The number of aryl methyl sites for hydroxylation is 3. The lowest BCUT2D eigenvalue weighted by molar-refractivity contribution is 0.367. The van der Waals surface area contributed by atoms with E-state index in [0.717, 1.165) is 42.6 Å². The zero-order valence-corrected chi connectivity index (χ0v) is 16.2. The smallest absolute Gasteiger partial charge is 0.243 e. The minimum atomic E-state index is -3.46. The quantitative estimate of drug-likeness (QED) is 0.779. The Morgan fingerprint density at radius 3 is 2.77 bits per heavy atom. The van der Waals surface area contributed by atoms with E-state index in [1.165, 1.54) is 12.8 Å². The zero-order valence-electron chi connectivity index (χ0n) is 15.4. The summed E-state index contributed by atoms with van der Waals surface area (Å²) in [6, 6.07) is 6.25. The molecule has 0 N–H and O–H groups in total. The minimum absolute atomic E-state index is 0.0456. The van der Waals surface area contributed by atoms with Crippen LogP contribution in [-0.2, 0) is 16.4 Å². The van der Waals surface area contributed by atoms with E-state index in [9.17, 15) is 8.42 Å². The molecule has 0 radical (unpaired) electrons. The van der Waals surface area contributed by atoms with Crippen LogP contribution in [0.4, 0.5) is 0 Å². The van der Waals surface area contributed by atoms with Gasteiger partial charge in [0, 0.05) is 25.0 Å². The average Bonchev–Trinajstić information content (AvgIpc) is 3.15. The summed E-state index contributed by atoms with van der Waals surface area (Å²) in [5.74, 6) is 0.989. The number of hydrogen-bond acceptors (Lipinski definition) is 4. The van der Waals surface area contributed by atoms with Gasteiger partial charge in [-0.25, -0.2) is 8.42 Å². The molecule has 1 aliphatic heterocycles. The largest absolute Gasteiger partial charge is 0.314 e. The van der Waals surface area contributed by atoms with E-state index >= 15 is 0 Å². The third-order valence-electron chi connectivity index (χ3n) is 5.54. The van der Waals surface area contributed by atoms with Gasteiger partial charge in [-0.2, -0.15) is 4.31 Å². The molecule has 0 amide bonds. The molecule has 6 nitrogen and oxygen atoms in total. The minimum Gasteiger partial charge on any atom is -0.314 e. The third-order valence-corrected chi connectivity index (χ3v) is 7.64. The van der Waals surface area contributed by atoms with E-state index in [1.54, 1.807) is 10.4 Å². The summed E-state index contributed by atoms with van der Waals surface area (Å²) < 4.78 is 30.4. The van der Waals surface area contributed by atoms with Crippen molar-refractivity contribution in [3.63, 3.8) is 0 Å². The molecule has 0 bridgehead atoms. The highest BCUT2D eigenvalue weighted by Gasteiger charge is 2.36. The van der Waals surface area contributed by atoms with Gasteiger partial charge in [0.05, 0.1) is 4.90 Å². The van der Waals surface area contributed by atoms with Crippen LogP contribution in [0, 0.1) is 13.8 Å². The van der Waals surface area contributed by atoms with Crippen molar-refractivity contribution in [2.75, 3.05) is 6.54 Å². The summed E-state index contributed by atoms with van der Waals surface area (Å²) in [6.07, 6.45) is 7.62. The fourth-order valence-electron chi connectivity index (χ4n) is 3.92. The molecule has 2 heterocycles. The number of aromatic nitrogens is 3. The summed E-state index contributed by atoms with van der Waals surface area (Å²) in [4.78, 5) is 0.450. The second kappa shape index (κ2) is 6.78. The number of benzene rings is 1. The van der Waals surface area contributed by atoms with Gasteiger partial charge in [-0.05, 0) is 63.1 Å². The molecular weight excluding hydrogens is 348 g/mol. The van der Waals surface area contributed by atoms with Crippen LogP contribution in [0.2, 0.25) is 0 Å². The molecule has 1 aliphatic carbocycles. The number of sulfonamides is 1. The Bertz CT molecular complexity index is 902. The Labute approximate surface area is 155 Å². The van der Waals surface area contributed by atoms with Gasteiger partial charge >= 0.3 is 0 Å². The van der Waals surface area contributed by atoms with Crippen LogP contribution in [0.15, 0.2) is 29.4 Å². The summed E-state index contributed by atoms with van der Waals surface area (Å²) in [5.41, 5.74) is 1.79. The van der Waals surface area contributed by atoms with E-state index in [1.807, 2.05) is 32.3 Å². The SMILES string of the molecule is Cc1ccc(C)c(S(=O)(=O)N2CCCC2CCc2nncn2C2CC2)c1. The van der Waals surface area contributed by atoms with Crippen LogP contribution < -0.4 is 0 Å². The molecular formula is C19H26N4O2S. The van der Waals surface area contributed by atoms with Crippen molar-refractivity contribution >= 4 is 10.0 Å². The maximum absolute atomic E-state index is 13.3. The molecule has 1 saturated carbocycles. The number of nitrogens with zero attached hydrogens (tertiary/aromatic N) is 4. The molecule has 1 aromatic heterocycles. The van der Waals surface area contributed by atoms with Crippen LogP contribution in [0.1, 0.15) is 55.1 Å². The van der Waals surface area contributed by atoms with Crippen molar-refractivity contribution in [1.82, 2.24) is 19.1 Å². The molecule has 0 spiro atoms. The predicted octanol–water partition coefficient (Wildman–Crippen LogP) is 3.02. The Kier molecular flexibility index (Phi) is 4.61. The Balaban J connectivity index is 1.52. The van der Waals surface area contributed by atoms with Crippen LogP contribution in [-0.4, -0.2) is 40.1 Å². The molecule has 1 atom stereocenters. The van der Waals surface area contributed by atoms with Crippen molar-refractivity contribution in [2.45, 2.75) is 69.4 Å². The highest BCUT2D eigenvalue weighted by Crippen LogP contribution is 2.36. The maximum Gasteiger partial charge on any atom is 0.243 e. The first-order valence-electron chi connectivity index (χ1n) is 9.44. The van der Waals surface area contributed by atoms with Gasteiger partial charge in [-0.1, -0.05) is 12.1 Å². The van der Waals surface area contributed by atoms with Gasteiger partial charge < -0.3 is 4.57 Å². The van der Waals surface area contributed by atoms with E-state index in [0.29, 0.717) is 17.5 Å². The highest BCUT2D eigenvalue weighted by atomic mass is 32.2. The van der Waals surface area contributed by atoms with Crippen molar-refractivity contribution < 1.29 is 8.42 Å². The van der Waals surface area contributed by atoms with Gasteiger partial charge in [0.1, 0.15) is 12.2 Å². The second-order valence-corrected chi connectivity index (χ2v) is 9.46. The fraction of sp³-hybridized carbons (Fsp3) is 0.579. The van der Waals surface area contributed by atoms with Crippen LogP contribution >= 0.6 is 0 Å². The Hall–Kier alpha value is -1.73. The van der Waals surface area contributed by atoms with Gasteiger partial charge in [0.15, 0.2) is 0 Å². The van der Waals surface area contributed by atoms with Gasteiger partial charge in [-0.15, -0.1) is 10.2 Å². The first-order valence-corrected chi connectivity index (χ1v) is 10.9. The molecule has 26 heavy (non-hydrogen) atoms. The Morgan fingerprint density at radius 2 is 2.00 bits per heavy atom. The molecule has 7 heteroatoms. The molecule has 4 rings (SSSR count). The van der Waals surface area contributed by atoms with E-state index in [2.05, 4.69) is 14.8 Å². The van der Waals surface area contributed by atoms with E-state index in [4.69, 9.17) is 0 Å². The lowest BCUT2D eigenvalue weighted by atomic mass is 10.1. The first-order chi connectivity index (χ1) is 12.5. The van der Waals surface area contributed by atoms with Gasteiger partial charge in [0.25, 0.3) is 0 Å². The first kappa shape index (κ1) is 17.7. The predicted molar refractivity (Wildman–Crippen MR) is 99.4 cm³/mol. The van der Waals surface area contributed by atoms with Crippen molar-refractivity contribution in [3.8, 4) is 0 Å². The number of rotatable bonds is 6. The average molecular weight is 375 g/mol. The summed E-state index contributed by atoms with van der Waals surface area (Å²) in [7, 11) is -3.46. The van der Waals surface area contributed by atoms with E-state index < -0.39 is 10.0 Å².